The summed E-state index contributed by atoms with van der Waals surface area (Å²) in [5, 5.41) is 82.4. The number of ether oxygens (including phenoxy) is 6. The van der Waals surface area contributed by atoms with Crippen LogP contribution in [0.1, 0.15) is 295 Å². The second kappa shape index (κ2) is 28.8. The van der Waals surface area contributed by atoms with E-state index < -0.39 is 141 Å². The maximum atomic E-state index is 14.8. The van der Waals surface area contributed by atoms with Crippen LogP contribution < -0.4 is 10.6 Å². The van der Waals surface area contributed by atoms with Crippen molar-refractivity contribution in [2.75, 3.05) is 0 Å². The first-order valence-corrected chi connectivity index (χ1v) is 42.2. The Labute approximate surface area is 662 Å². The van der Waals surface area contributed by atoms with Gasteiger partial charge in [0.25, 0.3) is 0 Å². The fraction of sp³-hybridized carbons (Fsp3) is 0.886. The molecule has 1 aromatic carbocycles. The fourth-order valence-corrected chi connectivity index (χ4v) is 27.8. The zero-order valence-corrected chi connectivity index (χ0v) is 71.6. The average molecular weight is 1590 g/mol. The molecule has 0 aromatic heterocycles. The Kier molecular flexibility index (Phi) is 22.8. The maximum Gasteiger partial charge on any atom is 0.408 e. The van der Waals surface area contributed by atoms with Gasteiger partial charge in [0.2, 0.25) is 29.1 Å². The molecule has 10 saturated carbocycles. The number of aliphatic hydroxyl groups is 6. The van der Waals surface area contributed by atoms with Crippen LogP contribution in [-0.2, 0) is 38.0 Å². The van der Waals surface area contributed by atoms with Crippen LogP contribution in [0, 0.1) is 131 Å². The number of alkyl carbamates (subject to hydrolysis) is 2. The number of carbonyl (C=O) groups is 4. The van der Waals surface area contributed by atoms with Gasteiger partial charge in [0.15, 0.2) is 5.75 Å². The smallest absolute Gasteiger partial charge is 0.408 e. The lowest BCUT2D eigenvalue weighted by Crippen LogP contribution is -2.63. The number of rotatable bonds is 14. The largest absolute Gasteiger partial charge is 0.503 e. The first kappa shape index (κ1) is 88.6. The Morgan fingerprint density at radius 1 is 0.473 bits per heavy atom. The maximum absolute atomic E-state index is 14.8. The topological polar surface area (TPSA) is 289 Å². The third kappa shape index (κ3) is 14.0. The highest BCUT2D eigenvalue weighted by atomic mass is 19.2. The summed E-state index contributed by atoms with van der Waals surface area (Å²) in [6.45, 7) is 48.3. The van der Waals surface area contributed by atoms with E-state index in [1.165, 1.54) is 6.42 Å². The van der Waals surface area contributed by atoms with Gasteiger partial charge in [0, 0.05) is 23.2 Å². The molecular formula is C88H139F5N2O17. The molecule has 9 N–H and O–H groups in total. The zero-order chi connectivity index (χ0) is 84.0. The van der Waals surface area contributed by atoms with Crippen LogP contribution in [-0.4, -0.2) is 154 Å². The number of esters is 2. The van der Waals surface area contributed by atoms with E-state index in [1.807, 2.05) is 41.5 Å². The predicted octanol–water partition coefficient (Wildman–Crippen LogP) is 15.9. The Balaban J connectivity index is 0.000000216. The number of fused-ring (bicyclic) bond motifs is 4. The van der Waals surface area contributed by atoms with Crippen LogP contribution in [0.2, 0.25) is 0 Å². The summed E-state index contributed by atoms with van der Waals surface area (Å²) in [7, 11) is 0. The minimum Gasteiger partial charge on any atom is -0.503 e. The number of phenols is 1. The highest BCUT2D eigenvalue weighted by Crippen LogP contribution is 2.91. The highest BCUT2D eigenvalue weighted by Gasteiger charge is 2.87. The predicted molar refractivity (Wildman–Crippen MR) is 410 cm³/mol. The summed E-state index contributed by atoms with van der Waals surface area (Å²) in [6, 6.07) is -1.88. The number of nitrogens with one attached hydrogen (secondary N) is 2. The number of aliphatic hydroxyl groups excluding tert-OH is 4. The molecular weight excluding hydrogens is 1450 g/mol. The molecule has 24 heteroatoms. The number of amides is 2. The fourth-order valence-electron chi connectivity index (χ4n) is 27.8. The SMILES string of the molecule is CC(C)(O)[C@@H]1CC[C@](C)([C@H]2[C@@H](O)C[C@@]3(C)C4C[C@H](O)[C@H]5C(C)(C)[C@@H](O)CC[C@@]56CC46CC[C@]23C)O1.CCC(C)[C@H](NC(=O)OC(C)(C)C)C(=O)O[C@H]1CC2C3(CC[C@]4(C)[C@@H]([C@@]5(C)CC[C@@H](C(C)(C)O)O5)[C@@H](O)C[C@@]24C)C[C@@]32CC[C@H](OC(=O)[C@@H](NC(=O)OC(C)(C)C)C(C)CC)C(C)(C)[C@H]12.Oc1c(F)c(F)c(F)c(F)c1F. The molecule has 112 heavy (non-hydrogen) atoms. The van der Waals surface area contributed by atoms with Gasteiger partial charge in [-0.3, -0.25) is 0 Å². The Morgan fingerprint density at radius 2 is 0.857 bits per heavy atom. The van der Waals surface area contributed by atoms with E-state index in [1.54, 1.807) is 55.4 Å². The number of carbonyl (C=O) groups excluding carboxylic acids is 4. The summed E-state index contributed by atoms with van der Waals surface area (Å²) >= 11 is 0. The summed E-state index contributed by atoms with van der Waals surface area (Å²) in [4.78, 5) is 55.5. The number of hydrogen-bond acceptors (Lipinski definition) is 17. The molecule has 19 nitrogen and oxygen atoms in total. The van der Waals surface area contributed by atoms with E-state index in [0.29, 0.717) is 38.0 Å². The van der Waals surface area contributed by atoms with Crippen molar-refractivity contribution in [3.63, 3.8) is 0 Å². The molecule has 2 amide bonds. The van der Waals surface area contributed by atoms with Crippen LogP contribution in [0.3, 0.4) is 0 Å². The van der Waals surface area contributed by atoms with Crippen molar-refractivity contribution in [3.8, 4) is 5.75 Å². The highest BCUT2D eigenvalue weighted by molar-refractivity contribution is 5.83. The van der Waals surface area contributed by atoms with Crippen LogP contribution in [0.4, 0.5) is 31.5 Å². The first-order chi connectivity index (χ1) is 51.1. The molecule has 638 valence electrons. The molecule has 6 unspecified atom stereocenters. The minimum atomic E-state index is -2.29. The van der Waals surface area contributed by atoms with E-state index >= 15 is 0 Å². The van der Waals surface area contributed by atoms with Crippen LogP contribution in [0.25, 0.3) is 0 Å². The van der Waals surface area contributed by atoms with Crippen molar-refractivity contribution in [2.24, 2.45) is 101 Å². The van der Waals surface area contributed by atoms with Gasteiger partial charge in [-0.2, -0.15) is 8.78 Å². The van der Waals surface area contributed by atoms with Crippen molar-refractivity contribution >= 4 is 24.1 Å². The van der Waals surface area contributed by atoms with Crippen molar-refractivity contribution < 1.29 is 105 Å². The standard InChI is InChI=1S/C52H88N2O11.C30H50O5.C6HF5O/c1-18-29(3)36(53-42(58)64-44(5,6)7)40(56)61-32-26-33-49(16)27-31(55)38(50(17)22-20-35(63-50)47(13,14)60)48(49,15)24-25-51(33)28-52(51)23-21-34(46(11,12)39(32)52)62-41(57)37(30(4)19-2)54-43(59)65-45(8,9)10;1-24(2)20(33)8-11-30-16-29(30)13-12-26(5)23(28(7)10-9-21(35-28)25(3,4)34)18(32)15-27(26,6)19(29)14-17(31)22(24)30;7-1-2(8)4(10)6(12)5(11)3(1)9/h29-39,55,60H,18-28H2,1-17H3,(H,53,58)(H,54,59);17-23,31-34H,8-16H2,1-7H3;12H/t29?,30?,31-,32-,33?,34-,35-,36-,37-,38-,39-,48+,49-,50+,51?,52+;17-,18-,19?,20-,21-,22-,23-,26+,27-,28+,29?,30+;/m00./s1. The number of benzene rings is 1. The molecule has 10 aliphatic carbocycles. The molecule has 2 aliphatic heterocycles. The van der Waals surface area contributed by atoms with E-state index in [0.717, 1.165) is 89.9 Å². The van der Waals surface area contributed by atoms with Crippen LogP contribution in [0.5, 0.6) is 5.75 Å². The van der Waals surface area contributed by atoms with Crippen molar-refractivity contribution in [2.45, 2.75) is 389 Å². The summed E-state index contributed by atoms with van der Waals surface area (Å²) in [5.74, 6) is -14.1. The molecule has 12 fully saturated rings. The Morgan fingerprint density at radius 3 is 1.25 bits per heavy atom. The third-order valence-corrected chi connectivity index (χ3v) is 33.5. The van der Waals surface area contributed by atoms with Gasteiger partial charge in [-0.05, 0) is 277 Å². The third-order valence-electron chi connectivity index (χ3n) is 33.5. The van der Waals surface area contributed by atoms with Gasteiger partial charge in [-0.1, -0.05) is 95.9 Å². The van der Waals surface area contributed by atoms with E-state index in [-0.39, 0.29) is 108 Å². The second-order valence-electron chi connectivity index (χ2n) is 43.5. The molecule has 2 heterocycles. The van der Waals surface area contributed by atoms with Gasteiger partial charge in [-0.25, -0.2) is 32.3 Å². The van der Waals surface area contributed by atoms with Gasteiger partial charge in [0.05, 0.1) is 59.0 Å². The molecule has 28 atom stereocenters. The summed E-state index contributed by atoms with van der Waals surface area (Å²) in [6.07, 6.45) is 11.8. The molecule has 0 bridgehead atoms. The summed E-state index contributed by atoms with van der Waals surface area (Å²) in [5.41, 5.74) is -6.14. The minimum absolute atomic E-state index is 0.0267. The average Bonchev–Trinajstić information content (AvgIpc) is 1.47. The van der Waals surface area contributed by atoms with Gasteiger partial charge in [-0.15, -0.1) is 0 Å². The van der Waals surface area contributed by atoms with Gasteiger partial charge in [0.1, 0.15) is 35.5 Å². The van der Waals surface area contributed by atoms with Crippen LogP contribution in [0.15, 0.2) is 0 Å². The second-order valence-corrected chi connectivity index (χ2v) is 43.5. The Bertz CT molecular complexity index is 3640. The molecule has 13 rings (SSSR count). The Hall–Kier alpha value is -4.17. The number of aromatic hydroxyl groups is 1. The lowest BCUT2D eigenvalue weighted by atomic mass is 9.41. The molecule has 2 saturated heterocycles. The molecule has 0 radical (unpaired) electrons. The molecule has 1 aromatic rings. The lowest BCUT2D eigenvalue weighted by molar-refractivity contribution is -0.226. The molecule has 12 aliphatic rings. The number of phenolic OH excluding ortho intramolecular Hbond substituents is 1. The monoisotopic (exact) mass is 1590 g/mol. The summed E-state index contributed by atoms with van der Waals surface area (Å²) < 4.78 is 98.8. The van der Waals surface area contributed by atoms with E-state index in [2.05, 4.69) is 79.9 Å². The van der Waals surface area contributed by atoms with Crippen LogP contribution >= 0.6 is 0 Å². The first-order valence-electron chi connectivity index (χ1n) is 42.2. The normalized spacial score (nSPS) is 43.6. The lowest BCUT2D eigenvalue weighted by Gasteiger charge is -2.64. The number of halogens is 5. The van der Waals surface area contributed by atoms with Gasteiger partial charge < -0.3 is 74.8 Å². The van der Waals surface area contributed by atoms with E-state index in [4.69, 9.17) is 33.5 Å². The van der Waals surface area contributed by atoms with Crippen molar-refractivity contribution in [1.82, 2.24) is 10.6 Å². The number of hydrogen-bond donors (Lipinski definition) is 9. The zero-order valence-electron chi connectivity index (χ0n) is 71.6. The van der Waals surface area contributed by atoms with Crippen molar-refractivity contribution in [3.05, 3.63) is 29.1 Å². The quantitative estimate of drug-likeness (QED) is 0.0275. The molecule has 4 spiro atoms. The van der Waals surface area contributed by atoms with Gasteiger partial charge >= 0.3 is 24.1 Å². The van der Waals surface area contributed by atoms with E-state index in [9.17, 15) is 71.8 Å². The van der Waals surface area contributed by atoms with Crippen molar-refractivity contribution in [1.29, 1.82) is 0 Å².